The maximum atomic E-state index is 10.1. The molecule has 4 nitrogen and oxygen atoms in total. The Morgan fingerprint density at radius 1 is 1.64 bits per heavy atom. The van der Waals surface area contributed by atoms with Gasteiger partial charge in [-0.2, -0.15) is 0 Å². The quantitative estimate of drug-likeness (QED) is 0.404. The molecule has 0 unspecified atom stereocenters. The van der Waals surface area contributed by atoms with E-state index in [0.717, 1.165) is 10.8 Å². The van der Waals surface area contributed by atoms with Crippen LogP contribution in [-0.4, -0.2) is 9.91 Å². The highest BCUT2D eigenvalue weighted by atomic mass is 33.1. The Morgan fingerprint density at radius 3 is 2.73 bits per heavy atom. The predicted octanol–water partition coefficient (Wildman–Crippen LogP) is 2.19. The average Bonchev–Trinajstić information content (AvgIpc) is 2.05. The topological polar surface area (TPSA) is 56.0 Å². The van der Waals surface area contributed by atoms with Gasteiger partial charge in [0.2, 0.25) is 0 Å². The Bertz CT molecular complexity index is 262. The molecule has 0 saturated carbocycles. The highest BCUT2D eigenvalue weighted by molar-refractivity contribution is 8.68. The standard InChI is InChI=1S/C5H3N2O2S2/c8-7(9)4-1-2-5(11-10)6-3-4/h1-3H. The molecule has 1 aromatic rings. The minimum atomic E-state index is -0.495. The Labute approximate surface area is 72.0 Å². The first kappa shape index (κ1) is 8.35. The number of pyridine rings is 1. The minimum Gasteiger partial charge on any atom is -0.258 e. The van der Waals surface area contributed by atoms with Crippen molar-refractivity contribution in [3.8, 4) is 0 Å². The van der Waals surface area contributed by atoms with E-state index in [2.05, 4.69) is 16.6 Å². The van der Waals surface area contributed by atoms with Crippen LogP contribution in [0, 0.1) is 10.1 Å². The molecule has 1 radical (unpaired) electrons. The van der Waals surface area contributed by atoms with Gasteiger partial charge in [-0.1, -0.05) is 0 Å². The molecule has 0 aliphatic heterocycles. The monoisotopic (exact) mass is 187 g/mol. The lowest BCUT2D eigenvalue weighted by Gasteiger charge is -1.91. The summed E-state index contributed by atoms with van der Waals surface area (Å²) in [6.45, 7) is 0. The van der Waals surface area contributed by atoms with E-state index in [-0.39, 0.29) is 5.69 Å². The summed E-state index contributed by atoms with van der Waals surface area (Å²) in [5.74, 6) is 0. The summed E-state index contributed by atoms with van der Waals surface area (Å²) in [4.78, 5) is 13.4. The third kappa shape index (κ3) is 2.09. The zero-order valence-corrected chi connectivity index (χ0v) is 6.89. The van der Waals surface area contributed by atoms with Crippen LogP contribution in [0.15, 0.2) is 23.4 Å². The van der Waals surface area contributed by atoms with Crippen LogP contribution in [0.5, 0.6) is 0 Å². The molecule has 11 heavy (non-hydrogen) atoms. The molecule has 0 amide bonds. The molecule has 0 spiro atoms. The molecule has 1 rings (SSSR count). The van der Waals surface area contributed by atoms with E-state index in [4.69, 9.17) is 0 Å². The SMILES string of the molecule is O=[N+]([O-])c1ccc(S[S])nc1. The Hall–Kier alpha value is -0.750. The molecule has 0 atom stereocenters. The van der Waals surface area contributed by atoms with Crippen molar-refractivity contribution in [2.45, 2.75) is 5.03 Å². The van der Waals surface area contributed by atoms with Gasteiger partial charge in [-0.25, -0.2) is 4.98 Å². The van der Waals surface area contributed by atoms with Crippen molar-refractivity contribution in [3.63, 3.8) is 0 Å². The van der Waals surface area contributed by atoms with E-state index in [1.807, 2.05) is 0 Å². The van der Waals surface area contributed by atoms with E-state index in [0.29, 0.717) is 5.03 Å². The molecule has 1 heterocycles. The number of aromatic nitrogens is 1. The molecule has 0 bridgehead atoms. The highest BCUT2D eigenvalue weighted by Gasteiger charge is 2.03. The van der Waals surface area contributed by atoms with Gasteiger partial charge in [-0.3, -0.25) is 10.1 Å². The average molecular weight is 187 g/mol. The van der Waals surface area contributed by atoms with Crippen LogP contribution < -0.4 is 0 Å². The summed E-state index contributed by atoms with van der Waals surface area (Å²) in [7, 11) is 1.04. The molecule has 0 saturated heterocycles. The van der Waals surface area contributed by atoms with Crippen molar-refractivity contribution >= 4 is 28.1 Å². The summed E-state index contributed by atoms with van der Waals surface area (Å²) in [6.07, 6.45) is 1.19. The van der Waals surface area contributed by atoms with Gasteiger partial charge >= 0.3 is 0 Å². The fourth-order valence-electron chi connectivity index (χ4n) is 0.530. The Balaban J connectivity index is 2.91. The number of rotatable bonds is 2. The highest BCUT2D eigenvalue weighted by Crippen LogP contribution is 2.20. The van der Waals surface area contributed by atoms with Gasteiger partial charge in [0.05, 0.1) is 4.92 Å². The Morgan fingerprint density at radius 2 is 2.36 bits per heavy atom. The predicted molar refractivity (Wildman–Crippen MR) is 44.3 cm³/mol. The van der Waals surface area contributed by atoms with Crippen LogP contribution in [0.25, 0.3) is 0 Å². The summed E-state index contributed by atoms with van der Waals surface area (Å²) >= 11 is 4.61. The first-order valence-corrected chi connectivity index (χ1v) is 4.38. The maximum Gasteiger partial charge on any atom is 0.287 e. The van der Waals surface area contributed by atoms with Crippen molar-refractivity contribution in [2.75, 3.05) is 0 Å². The number of hydrogen-bond acceptors (Lipinski definition) is 4. The molecule has 6 heteroatoms. The molecule has 0 aliphatic carbocycles. The molecular weight excluding hydrogens is 184 g/mol. The van der Waals surface area contributed by atoms with E-state index in [1.165, 1.54) is 18.3 Å². The normalized spacial score (nSPS) is 9.55. The molecule has 0 aromatic carbocycles. The van der Waals surface area contributed by atoms with E-state index in [9.17, 15) is 10.1 Å². The van der Waals surface area contributed by atoms with Gasteiger partial charge in [0, 0.05) is 6.07 Å². The third-order valence-electron chi connectivity index (χ3n) is 1.02. The first-order chi connectivity index (χ1) is 5.24. The second kappa shape index (κ2) is 3.59. The summed E-state index contributed by atoms with van der Waals surface area (Å²) in [5, 5.41) is 10.7. The van der Waals surface area contributed by atoms with Crippen molar-refractivity contribution in [1.82, 2.24) is 4.98 Å². The third-order valence-corrected chi connectivity index (χ3v) is 1.94. The van der Waals surface area contributed by atoms with Crippen molar-refractivity contribution in [1.29, 1.82) is 0 Å². The van der Waals surface area contributed by atoms with E-state index >= 15 is 0 Å². The Kier molecular flexibility index (Phi) is 2.72. The summed E-state index contributed by atoms with van der Waals surface area (Å²) in [5.41, 5.74) is -0.0159. The van der Waals surface area contributed by atoms with Crippen LogP contribution in [0.3, 0.4) is 0 Å². The zero-order valence-electron chi connectivity index (χ0n) is 5.26. The maximum absolute atomic E-state index is 10.1. The second-order valence-electron chi connectivity index (χ2n) is 1.70. The van der Waals surface area contributed by atoms with Gasteiger partial charge < -0.3 is 0 Å². The minimum absolute atomic E-state index is 0.0159. The van der Waals surface area contributed by atoms with Gasteiger partial charge in [0.1, 0.15) is 11.2 Å². The van der Waals surface area contributed by atoms with Crippen molar-refractivity contribution < 1.29 is 4.92 Å². The number of nitro groups is 1. The largest absolute Gasteiger partial charge is 0.287 e. The van der Waals surface area contributed by atoms with E-state index < -0.39 is 4.92 Å². The van der Waals surface area contributed by atoms with Gasteiger partial charge in [-0.05, 0) is 28.5 Å². The summed E-state index contributed by atoms with van der Waals surface area (Å²) in [6, 6.07) is 2.90. The second-order valence-corrected chi connectivity index (χ2v) is 2.78. The fourth-order valence-corrected chi connectivity index (χ4v) is 1.04. The number of nitrogens with zero attached hydrogens (tertiary/aromatic N) is 2. The van der Waals surface area contributed by atoms with Crippen LogP contribution in [-0.2, 0) is 0 Å². The van der Waals surface area contributed by atoms with Crippen LogP contribution >= 0.6 is 22.5 Å². The molecule has 57 valence electrons. The lowest BCUT2D eigenvalue weighted by Crippen LogP contribution is -1.88. The molecular formula is C5H3N2O2S2. The molecule has 1 aromatic heterocycles. The molecule has 0 fully saturated rings. The van der Waals surface area contributed by atoms with Crippen molar-refractivity contribution in [2.24, 2.45) is 0 Å². The van der Waals surface area contributed by atoms with Crippen molar-refractivity contribution in [3.05, 3.63) is 28.4 Å². The van der Waals surface area contributed by atoms with Crippen LogP contribution in [0.4, 0.5) is 5.69 Å². The molecule has 0 aliphatic rings. The van der Waals surface area contributed by atoms with E-state index in [1.54, 1.807) is 0 Å². The number of hydrogen-bond donors (Lipinski definition) is 0. The van der Waals surface area contributed by atoms with Gasteiger partial charge in [0.15, 0.2) is 0 Å². The summed E-state index contributed by atoms with van der Waals surface area (Å²) < 4.78 is 0. The van der Waals surface area contributed by atoms with Crippen LogP contribution in [0.1, 0.15) is 0 Å². The lowest BCUT2D eigenvalue weighted by atomic mass is 10.4. The lowest BCUT2D eigenvalue weighted by molar-refractivity contribution is -0.385. The fraction of sp³-hybridized carbons (Fsp3) is 0. The first-order valence-electron chi connectivity index (χ1n) is 2.64. The van der Waals surface area contributed by atoms with Gasteiger partial charge in [-0.15, -0.1) is 0 Å². The van der Waals surface area contributed by atoms with Crippen LogP contribution in [0.2, 0.25) is 0 Å². The smallest absolute Gasteiger partial charge is 0.258 e. The zero-order chi connectivity index (χ0) is 8.27. The molecule has 0 N–H and O–H groups in total. The van der Waals surface area contributed by atoms with Gasteiger partial charge in [0.25, 0.3) is 5.69 Å².